The molecule has 0 bridgehead atoms. The molecule has 1 aliphatic rings. The van der Waals surface area contributed by atoms with Crippen molar-refractivity contribution < 1.29 is 82.9 Å². The number of carboxylic acid groups (broad SMARTS) is 3. The first-order chi connectivity index (χ1) is 14.8. The van der Waals surface area contributed by atoms with E-state index in [-0.39, 0.29) is 98.8 Å². The van der Waals surface area contributed by atoms with Crippen LogP contribution >= 0.6 is 0 Å². The zero-order valence-corrected chi connectivity index (χ0v) is 21.3. The maximum atomic E-state index is 12.0. The smallest absolute Gasteiger partial charge is 0.549 e. The summed E-state index contributed by atoms with van der Waals surface area (Å²) in [4.78, 5) is 51.3. The van der Waals surface area contributed by atoms with Crippen molar-refractivity contribution in [2.45, 2.75) is 0 Å². The van der Waals surface area contributed by atoms with E-state index >= 15 is 0 Å². The van der Waals surface area contributed by atoms with Crippen LogP contribution in [0.25, 0.3) is 0 Å². The molecule has 0 unspecified atom stereocenters. The van der Waals surface area contributed by atoms with Gasteiger partial charge in [0, 0.05) is 72.0 Å². The van der Waals surface area contributed by atoms with Gasteiger partial charge in [-0.1, -0.05) is 0 Å². The van der Waals surface area contributed by atoms with Crippen LogP contribution in [0.4, 0.5) is 0 Å². The Labute approximate surface area is 224 Å². The molecule has 1 fully saturated rings. The fourth-order valence-corrected chi connectivity index (χ4v) is 3.68. The summed E-state index contributed by atoms with van der Waals surface area (Å²) in [7, 11) is -3.76. The second-order valence-electron chi connectivity index (χ2n) is 7.52. The van der Waals surface area contributed by atoms with Crippen LogP contribution in [0.1, 0.15) is 0 Å². The number of sulfonamides is 1. The van der Waals surface area contributed by atoms with Gasteiger partial charge in [0.2, 0.25) is 15.9 Å². The molecule has 1 saturated heterocycles. The molecule has 0 atom stereocenters. The van der Waals surface area contributed by atoms with Crippen molar-refractivity contribution in [2.24, 2.45) is 0 Å². The number of aliphatic carboxylic acids is 3. The second-order valence-corrected chi connectivity index (χ2v) is 9.27. The van der Waals surface area contributed by atoms with E-state index in [1.54, 1.807) is 4.90 Å². The van der Waals surface area contributed by atoms with E-state index in [1.807, 2.05) is 4.72 Å². The van der Waals surface area contributed by atoms with Gasteiger partial charge >= 0.3 is 39.9 Å². The van der Waals surface area contributed by atoms with Crippen molar-refractivity contribution >= 4 is 33.8 Å². The summed E-state index contributed by atoms with van der Waals surface area (Å²) >= 11 is 0. The molecule has 1 radical (unpaired) electrons. The molecule has 1 rings (SSSR count). The van der Waals surface area contributed by atoms with Gasteiger partial charge in [-0.05, 0) is 0 Å². The standard InChI is InChI=1S/C17H31N5O9S.Gd/c1-32(30,31)18-14(23)10-19-2-4-20(11-15(24)25)6-8-22(13-17(28)29)9-7-21(5-3-19)12-16(26)27;/h2-13H2,1H3,(H,18,23)(H,24,25)(H,26,27)(H,28,29);/q;+3/p-3. The number of nitrogens with zero attached hydrogens (tertiary/aromatic N) is 4. The third-order valence-corrected chi connectivity index (χ3v) is 5.25. The fraction of sp³-hybridized carbons (Fsp3) is 0.765. The van der Waals surface area contributed by atoms with E-state index in [0.29, 0.717) is 0 Å². The number of hydrogen-bond donors (Lipinski definition) is 1. The van der Waals surface area contributed by atoms with Crippen molar-refractivity contribution in [2.75, 3.05) is 84.8 Å². The zero-order chi connectivity index (χ0) is 24.3. The Morgan fingerprint density at radius 2 is 0.879 bits per heavy atom. The van der Waals surface area contributed by atoms with E-state index in [9.17, 15) is 42.9 Å². The van der Waals surface area contributed by atoms with Crippen molar-refractivity contribution in [3.63, 3.8) is 0 Å². The largest absolute Gasteiger partial charge is 3.00 e. The van der Waals surface area contributed by atoms with Crippen LogP contribution in [0.2, 0.25) is 0 Å². The minimum Gasteiger partial charge on any atom is -0.549 e. The first-order valence-electron chi connectivity index (χ1n) is 9.83. The molecule has 14 nitrogen and oxygen atoms in total. The molecule has 1 amide bonds. The summed E-state index contributed by atoms with van der Waals surface area (Å²) in [6, 6.07) is 0. The number of rotatable bonds is 9. The van der Waals surface area contributed by atoms with Crippen molar-refractivity contribution in [3.8, 4) is 0 Å². The second kappa shape index (κ2) is 15.8. The average molecular weight is 636 g/mol. The minimum absolute atomic E-state index is 0. The average Bonchev–Trinajstić information content (AvgIpc) is 2.61. The minimum atomic E-state index is -3.76. The molecule has 0 aliphatic carbocycles. The number of carbonyl (C=O) groups excluding carboxylic acids is 4. The van der Waals surface area contributed by atoms with Crippen molar-refractivity contribution in [1.29, 1.82) is 0 Å². The van der Waals surface area contributed by atoms with E-state index in [2.05, 4.69) is 0 Å². The summed E-state index contributed by atoms with van der Waals surface area (Å²) in [5.74, 6) is -4.76. The van der Waals surface area contributed by atoms with Crippen LogP contribution in [-0.2, 0) is 29.2 Å². The maximum Gasteiger partial charge on any atom is 3.00 e. The summed E-state index contributed by atoms with van der Waals surface area (Å²) in [6.45, 7) is -0.176. The van der Waals surface area contributed by atoms with Gasteiger partial charge in [-0.2, -0.15) is 0 Å². The Hall–Kier alpha value is -1.01. The SMILES string of the molecule is CS(=O)(=O)NC(=O)CN1CCN(CC(=O)[O-])CCN(CC(=O)[O-])CCN(CC(=O)[O-])CC1.[Gd+3]. The molecule has 0 aromatic carbocycles. The topological polar surface area (TPSA) is 197 Å². The van der Waals surface area contributed by atoms with E-state index in [4.69, 9.17) is 0 Å². The molecule has 16 heteroatoms. The summed E-state index contributed by atoms with van der Waals surface area (Å²) in [5.41, 5.74) is 0. The molecule has 0 saturated carbocycles. The molecule has 1 N–H and O–H groups in total. The summed E-state index contributed by atoms with van der Waals surface area (Å²) in [6.07, 6.45) is 0.836. The molecule has 0 aromatic heterocycles. The predicted octanol–water partition coefficient (Wildman–Crippen LogP) is -7.47. The Morgan fingerprint density at radius 3 is 1.09 bits per heavy atom. The number of carboxylic acids is 3. The van der Waals surface area contributed by atoms with Crippen molar-refractivity contribution in [3.05, 3.63) is 0 Å². The van der Waals surface area contributed by atoms with Gasteiger partial charge in [-0.15, -0.1) is 0 Å². The van der Waals surface area contributed by atoms with Crippen LogP contribution in [0.15, 0.2) is 0 Å². The fourth-order valence-electron chi connectivity index (χ4n) is 3.20. The third kappa shape index (κ3) is 16.3. The molecule has 189 valence electrons. The Balaban J connectivity index is 0.0000102. The first kappa shape index (κ1) is 32.0. The maximum absolute atomic E-state index is 12.0. The quantitative estimate of drug-likeness (QED) is 0.251. The molecule has 0 spiro atoms. The Bertz CT molecular complexity index is 751. The van der Waals surface area contributed by atoms with Gasteiger partial charge in [-0.3, -0.25) is 29.1 Å². The van der Waals surface area contributed by atoms with Crippen LogP contribution in [0.5, 0.6) is 0 Å². The van der Waals surface area contributed by atoms with E-state index in [0.717, 1.165) is 6.26 Å². The first-order valence-corrected chi connectivity index (χ1v) is 11.7. The zero-order valence-electron chi connectivity index (χ0n) is 18.2. The molecule has 1 aliphatic heterocycles. The van der Waals surface area contributed by atoms with Gasteiger partial charge in [0.25, 0.3) is 0 Å². The number of hydrogen-bond acceptors (Lipinski definition) is 13. The molecule has 33 heavy (non-hydrogen) atoms. The van der Waals surface area contributed by atoms with Gasteiger partial charge in [0.1, 0.15) is 0 Å². The van der Waals surface area contributed by atoms with Crippen LogP contribution in [0.3, 0.4) is 0 Å². The number of amides is 1. The monoisotopic (exact) mass is 636 g/mol. The predicted molar refractivity (Wildman–Crippen MR) is 104 cm³/mol. The molecule has 1 heterocycles. The van der Waals surface area contributed by atoms with Gasteiger partial charge in [-0.25, -0.2) is 8.42 Å². The van der Waals surface area contributed by atoms with Crippen LogP contribution < -0.4 is 20.0 Å². The van der Waals surface area contributed by atoms with E-state index < -0.39 is 53.5 Å². The van der Waals surface area contributed by atoms with Gasteiger partial charge in [0.05, 0.1) is 30.7 Å². The number of nitrogens with one attached hydrogen (secondary N) is 1. The van der Waals surface area contributed by atoms with Crippen molar-refractivity contribution in [1.82, 2.24) is 24.3 Å². The Kier molecular flexibility index (Phi) is 15.3. The molecular weight excluding hydrogens is 608 g/mol. The summed E-state index contributed by atoms with van der Waals surface area (Å²) < 4.78 is 24.4. The number of carbonyl (C=O) groups is 4. The van der Waals surface area contributed by atoms with Crippen LogP contribution in [-0.4, -0.2) is 137 Å². The Morgan fingerprint density at radius 1 is 0.636 bits per heavy atom. The van der Waals surface area contributed by atoms with Crippen LogP contribution in [0, 0.1) is 39.9 Å². The normalized spacial score (nSPS) is 18.3. The summed E-state index contributed by atoms with van der Waals surface area (Å²) in [5, 5.41) is 33.2. The molecular formula is C17H28GdN5O9S. The third-order valence-electron chi connectivity index (χ3n) is 4.65. The van der Waals surface area contributed by atoms with Gasteiger partial charge in [0.15, 0.2) is 0 Å². The van der Waals surface area contributed by atoms with Gasteiger partial charge < -0.3 is 29.7 Å². The molecule has 0 aromatic rings. The van der Waals surface area contributed by atoms with E-state index in [1.165, 1.54) is 14.7 Å².